The number of hydrogen-bond donors (Lipinski definition) is 1. The zero-order valence-electron chi connectivity index (χ0n) is 29.2. The van der Waals surface area contributed by atoms with Gasteiger partial charge in [-0.2, -0.15) is 0 Å². The maximum Gasteiger partial charge on any atom is 0.164 e. The van der Waals surface area contributed by atoms with Crippen LogP contribution in [-0.4, -0.2) is 46.0 Å². The largest absolute Gasteiger partial charge is 0.491 e. The van der Waals surface area contributed by atoms with E-state index in [1.807, 2.05) is 25.1 Å². The molecule has 6 heteroatoms. The minimum atomic E-state index is -0.697. The van der Waals surface area contributed by atoms with Gasteiger partial charge in [-0.3, -0.25) is 0 Å². The molecule has 246 valence electrons. The fourth-order valence-corrected chi connectivity index (χ4v) is 5.90. The summed E-state index contributed by atoms with van der Waals surface area (Å²) in [5.74, 6) is 3.74. The van der Waals surface area contributed by atoms with Gasteiger partial charge in [-0.1, -0.05) is 81.2 Å². The lowest BCUT2D eigenvalue weighted by Crippen LogP contribution is -2.26. The molecule has 1 aliphatic rings. The van der Waals surface area contributed by atoms with Crippen LogP contribution in [0.3, 0.4) is 0 Å². The van der Waals surface area contributed by atoms with Gasteiger partial charge in [-0.05, 0) is 101 Å². The van der Waals surface area contributed by atoms with Gasteiger partial charge in [-0.25, -0.2) is 15.0 Å². The topological polar surface area (TPSA) is 77.4 Å². The molecular weight excluding hydrogens is 570 g/mol. The number of aromatic nitrogens is 3. The predicted octanol–water partition coefficient (Wildman–Crippen LogP) is 9.42. The third-order valence-corrected chi connectivity index (χ3v) is 8.74. The fourth-order valence-electron chi connectivity index (χ4n) is 5.90. The van der Waals surface area contributed by atoms with Crippen molar-refractivity contribution in [2.45, 2.75) is 93.6 Å². The van der Waals surface area contributed by atoms with Crippen LogP contribution in [0.2, 0.25) is 0 Å². The van der Waals surface area contributed by atoms with Gasteiger partial charge in [0.2, 0.25) is 0 Å². The summed E-state index contributed by atoms with van der Waals surface area (Å²) in [6.45, 7) is 18.3. The Labute approximate surface area is 276 Å². The highest BCUT2D eigenvalue weighted by molar-refractivity contribution is 5.78. The van der Waals surface area contributed by atoms with Crippen LogP contribution >= 0.6 is 0 Å². The normalized spacial score (nSPS) is 18.4. The molecule has 0 saturated heterocycles. The van der Waals surface area contributed by atoms with E-state index in [4.69, 9.17) is 24.4 Å². The summed E-state index contributed by atoms with van der Waals surface area (Å²) in [7, 11) is 0. The van der Waals surface area contributed by atoms with Crippen LogP contribution in [0.25, 0.3) is 28.3 Å². The summed E-state index contributed by atoms with van der Waals surface area (Å²) in [6.07, 6.45) is 11.5. The lowest BCUT2D eigenvalue weighted by Gasteiger charge is -2.21. The number of benzene rings is 2. The molecule has 2 unspecified atom stereocenters. The summed E-state index contributed by atoms with van der Waals surface area (Å²) in [5.41, 5.74) is 8.67. The second-order valence-electron chi connectivity index (χ2n) is 13.2. The Kier molecular flexibility index (Phi) is 12.9. The molecule has 0 bridgehead atoms. The van der Waals surface area contributed by atoms with Crippen molar-refractivity contribution in [3.05, 3.63) is 88.3 Å². The molecule has 1 aliphatic carbocycles. The third kappa shape index (κ3) is 9.70. The van der Waals surface area contributed by atoms with Crippen molar-refractivity contribution in [1.82, 2.24) is 15.0 Å². The van der Waals surface area contributed by atoms with Gasteiger partial charge in [0.1, 0.15) is 18.5 Å². The molecule has 46 heavy (non-hydrogen) atoms. The zero-order chi connectivity index (χ0) is 33.2. The molecular formula is C40H53N3O3. The minimum Gasteiger partial charge on any atom is -0.491 e. The highest BCUT2D eigenvalue weighted by atomic mass is 16.5. The Morgan fingerprint density at radius 1 is 0.783 bits per heavy atom. The van der Waals surface area contributed by atoms with Crippen LogP contribution < -0.4 is 4.74 Å². The van der Waals surface area contributed by atoms with Crippen LogP contribution in [0.1, 0.15) is 89.2 Å². The number of nitrogens with zero attached hydrogens (tertiary/aromatic N) is 3. The van der Waals surface area contributed by atoms with E-state index in [2.05, 4.69) is 84.9 Å². The van der Waals surface area contributed by atoms with Crippen molar-refractivity contribution in [3.63, 3.8) is 0 Å². The lowest BCUT2D eigenvalue weighted by molar-refractivity contribution is -0.00622. The summed E-state index contributed by atoms with van der Waals surface area (Å²) >= 11 is 0. The molecule has 0 aliphatic heterocycles. The lowest BCUT2D eigenvalue weighted by atomic mass is 9.91. The molecule has 1 aromatic heterocycles. The van der Waals surface area contributed by atoms with Gasteiger partial charge in [-0.15, -0.1) is 0 Å². The molecule has 3 aromatic rings. The van der Waals surface area contributed by atoms with E-state index in [0.717, 1.165) is 52.7 Å². The van der Waals surface area contributed by atoms with E-state index >= 15 is 0 Å². The zero-order valence-corrected chi connectivity index (χ0v) is 29.2. The van der Waals surface area contributed by atoms with Crippen LogP contribution in [0, 0.1) is 32.6 Å². The second-order valence-corrected chi connectivity index (χ2v) is 13.2. The summed E-state index contributed by atoms with van der Waals surface area (Å²) < 4.78 is 11.9. The van der Waals surface area contributed by atoms with Crippen LogP contribution in [0.4, 0.5) is 0 Å². The van der Waals surface area contributed by atoms with Crippen molar-refractivity contribution in [1.29, 1.82) is 0 Å². The summed E-state index contributed by atoms with van der Waals surface area (Å²) in [4.78, 5) is 15.1. The van der Waals surface area contributed by atoms with Gasteiger partial charge >= 0.3 is 0 Å². The molecule has 0 saturated carbocycles. The molecule has 4 rings (SSSR count). The molecule has 1 heterocycles. The van der Waals surface area contributed by atoms with Gasteiger partial charge in [0.25, 0.3) is 0 Å². The Morgan fingerprint density at radius 3 is 2.09 bits per heavy atom. The van der Waals surface area contributed by atoms with E-state index in [1.54, 1.807) is 0 Å². The third-order valence-electron chi connectivity index (χ3n) is 8.74. The average Bonchev–Trinajstić information content (AvgIpc) is 3.00. The molecule has 2 aromatic carbocycles. The first-order valence-electron chi connectivity index (χ1n) is 16.9. The number of ether oxygens (including phenoxy) is 2. The Morgan fingerprint density at radius 2 is 1.43 bits per heavy atom. The number of aliphatic hydroxyl groups is 1. The highest BCUT2D eigenvalue weighted by Gasteiger charge is 2.19. The number of rotatable bonds is 14. The van der Waals surface area contributed by atoms with Gasteiger partial charge < -0.3 is 14.6 Å². The first-order valence-corrected chi connectivity index (χ1v) is 16.9. The number of aliphatic hydroxyl groups excluding tert-OH is 1. The van der Waals surface area contributed by atoms with Crippen LogP contribution in [-0.2, 0) is 4.74 Å². The van der Waals surface area contributed by atoms with E-state index in [1.165, 1.54) is 24.0 Å². The number of allylic oxidation sites excluding steroid dienone is 6. The van der Waals surface area contributed by atoms with E-state index < -0.39 is 6.10 Å². The quantitative estimate of drug-likeness (QED) is 0.193. The molecule has 0 spiro atoms. The monoisotopic (exact) mass is 623 g/mol. The summed E-state index contributed by atoms with van der Waals surface area (Å²) in [5, 5.41) is 10.6. The second kappa shape index (κ2) is 16.8. The number of unbranched alkanes of at least 4 members (excludes halogenated alkanes) is 1. The summed E-state index contributed by atoms with van der Waals surface area (Å²) in [6, 6.07) is 12.3. The highest BCUT2D eigenvalue weighted by Crippen LogP contribution is 2.31. The Hall–Kier alpha value is -3.61. The van der Waals surface area contributed by atoms with Crippen molar-refractivity contribution in [2.24, 2.45) is 11.8 Å². The van der Waals surface area contributed by atoms with Gasteiger partial charge in [0.05, 0.1) is 6.61 Å². The maximum absolute atomic E-state index is 10.6. The average molecular weight is 624 g/mol. The fraction of sp³-hybridized carbons (Fsp3) is 0.475. The van der Waals surface area contributed by atoms with Gasteiger partial charge in [0, 0.05) is 23.3 Å². The van der Waals surface area contributed by atoms with Crippen LogP contribution in [0.15, 0.2) is 65.8 Å². The smallest absolute Gasteiger partial charge is 0.164 e. The number of hydrogen-bond acceptors (Lipinski definition) is 6. The van der Waals surface area contributed by atoms with Crippen molar-refractivity contribution in [2.75, 3.05) is 19.8 Å². The minimum absolute atomic E-state index is 0.167. The first-order chi connectivity index (χ1) is 22.0. The molecule has 0 fully saturated rings. The molecule has 0 radical (unpaired) electrons. The van der Waals surface area contributed by atoms with E-state index in [-0.39, 0.29) is 13.2 Å². The number of aryl methyl sites for hydroxylation is 3. The first kappa shape index (κ1) is 35.2. The maximum atomic E-state index is 10.6. The van der Waals surface area contributed by atoms with Crippen molar-refractivity contribution >= 4 is 5.57 Å². The SMILES string of the molecule is CCCCC(COCC(O)COc1ccc(-c2nc(C3=C/CC/C=C(C)/C=C\3C)nc(-c3ccc(C)cc3C)n2)c(C)c1)C(C)C. The predicted molar refractivity (Wildman–Crippen MR) is 190 cm³/mol. The van der Waals surface area contributed by atoms with Gasteiger partial charge in [0.15, 0.2) is 17.5 Å². The standard InChI is InChI=1S/C40H53N3O3/c1-9-10-14-32(26(2)3)23-45-24-33(44)25-46-34-17-19-37(31(8)22-34)40-42-38(35-15-12-11-13-27(4)20-29(35)6)41-39(43-40)36-18-16-28(5)21-30(36)7/h13,15-22,26,32-33,44H,9-12,14,23-25H2,1-8H3/b27-13+,29-20-,35-15+. The molecule has 1 N–H and O–H groups in total. The van der Waals surface area contributed by atoms with E-state index in [9.17, 15) is 5.11 Å². The van der Waals surface area contributed by atoms with Crippen molar-refractivity contribution < 1.29 is 14.6 Å². The molecule has 0 amide bonds. The van der Waals surface area contributed by atoms with E-state index in [0.29, 0.717) is 41.7 Å². The molecule has 2 atom stereocenters. The molecule has 6 nitrogen and oxygen atoms in total. The van der Waals surface area contributed by atoms with Crippen LogP contribution in [0.5, 0.6) is 5.75 Å². The Balaban J connectivity index is 1.56. The van der Waals surface area contributed by atoms with Crippen molar-refractivity contribution in [3.8, 4) is 28.5 Å². The Bertz CT molecular complexity index is 1570.